The van der Waals surface area contributed by atoms with Gasteiger partial charge >= 0.3 is 12.2 Å². The number of amides is 2. The van der Waals surface area contributed by atoms with Crippen molar-refractivity contribution in [1.82, 2.24) is 15.3 Å². The number of alkyl halides is 2. The molecule has 288 valence electrons. The summed E-state index contributed by atoms with van der Waals surface area (Å²) >= 11 is 1.15. The molecule has 14 heteroatoms. The number of halogens is 3. The van der Waals surface area contributed by atoms with Gasteiger partial charge in [-0.3, -0.25) is 4.90 Å². The number of rotatable bonds is 10. The fourth-order valence-electron chi connectivity index (χ4n) is 5.34. The number of aromatic nitrogens is 2. The first kappa shape index (κ1) is 41.7. The minimum Gasteiger partial charge on any atom is -0.465 e. The number of carboxylic acid groups (broad SMARTS) is 1. The predicted molar refractivity (Wildman–Crippen MR) is 207 cm³/mol. The van der Waals surface area contributed by atoms with E-state index in [4.69, 9.17) is 14.1 Å². The molecule has 0 unspecified atom stereocenters. The van der Waals surface area contributed by atoms with Gasteiger partial charge < -0.3 is 19.6 Å². The number of alkyl carbamates (subject to hydrolysis) is 1. The lowest BCUT2D eigenvalue weighted by molar-refractivity contribution is 0.0174. The van der Waals surface area contributed by atoms with E-state index in [9.17, 15) is 27.9 Å². The maximum Gasteiger partial charge on any atom is 0.413 e. The lowest BCUT2D eigenvalue weighted by Gasteiger charge is -2.42. The van der Waals surface area contributed by atoms with Gasteiger partial charge in [-0.25, -0.2) is 28.3 Å². The predicted octanol–water partition coefficient (Wildman–Crippen LogP) is 11.0. The Labute approximate surface area is 315 Å². The van der Waals surface area contributed by atoms with Crippen LogP contribution in [0.5, 0.6) is 0 Å². The van der Waals surface area contributed by atoms with Gasteiger partial charge in [-0.15, -0.1) is 0 Å². The van der Waals surface area contributed by atoms with Crippen molar-refractivity contribution < 1.29 is 37.0 Å². The number of pyridine rings is 1. The van der Waals surface area contributed by atoms with Crippen molar-refractivity contribution in [3.63, 3.8) is 0 Å². The number of thiazole rings is 1. The number of nitrogens with zero attached hydrogens (tertiary/aromatic N) is 3. The van der Waals surface area contributed by atoms with Gasteiger partial charge in [0.05, 0.1) is 29.3 Å². The van der Waals surface area contributed by atoms with Crippen LogP contribution in [0.15, 0.2) is 54.7 Å². The van der Waals surface area contributed by atoms with E-state index in [1.165, 1.54) is 36.5 Å². The van der Waals surface area contributed by atoms with Crippen LogP contribution in [-0.4, -0.2) is 53.8 Å². The molecule has 2 N–H and O–H groups in total. The average molecular weight is 773 g/mol. The van der Waals surface area contributed by atoms with Crippen molar-refractivity contribution >= 4 is 47.7 Å². The van der Waals surface area contributed by atoms with Gasteiger partial charge in [-0.2, -0.15) is 4.39 Å². The molecule has 0 radical (unpaired) electrons. The summed E-state index contributed by atoms with van der Waals surface area (Å²) in [5.41, 5.74) is 0.210. The zero-order chi connectivity index (χ0) is 39.9. The highest BCUT2D eigenvalue weighted by Gasteiger charge is 2.43. The number of carbonyl (C=O) groups is 2. The zero-order valence-corrected chi connectivity index (χ0v) is 34.3. The third kappa shape index (κ3) is 10.4. The molecule has 0 aliphatic heterocycles. The summed E-state index contributed by atoms with van der Waals surface area (Å²) in [6, 6.07) is 11.4. The lowest BCUT2D eigenvalue weighted by atomic mass is 9.89. The molecule has 4 aromatic rings. The quantitative estimate of drug-likeness (QED) is 0.122. The Bertz CT molecular complexity index is 1940. The van der Waals surface area contributed by atoms with E-state index in [0.717, 1.165) is 34.1 Å². The normalized spacial score (nSPS) is 14.2. The van der Waals surface area contributed by atoms with Crippen LogP contribution in [-0.2, 0) is 20.5 Å². The van der Waals surface area contributed by atoms with Gasteiger partial charge in [-0.05, 0) is 61.5 Å². The highest BCUT2D eigenvalue weighted by molar-refractivity contribution is 7.19. The molecular weight excluding hydrogens is 722 g/mol. The van der Waals surface area contributed by atoms with Crippen molar-refractivity contribution in [3.8, 4) is 10.4 Å². The largest absolute Gasteiger partial charge is 0.465 e. The van der Waals surface area contributed by atoms with Gasteiger partial charge in [0.25, 0.3) is 5.92 Å². The van der Waals surface area contributed by atoms with Crippen LogP contribution in [0.3, 0.4) is 0 Å². The maximum absolute atomic E-state index is 14.3. The average Bonchev–Trinajstić information content (AvgIpc) is 3.46. The topological polar surface area (TPSA) is 114 Å². The molecule has 0 bridgehead atoms. The maximum atomic E-state index is 14.3. The third-order valence-corrected chi connectivity index (χ3v) is 14.7. The summed E-state index contributed by atoms with van der Waals surface area (Å²) in [6.45, 7) is 21.7. The van der Waals surface area contributed by atoms with Crippen molar-refractivity contribution in [2.45, 2.75) is 116 Å². The van der Waals surface area contributed by atoms with E-state index in [2.05, 4.69) is 10.3 Å². The van der Waals surface area contributed by atoms with Crippen LogP contribution in [0.4, 0.5) is 27.9 Å². The summed E-state index contributed by atoms with van der Waals surface area (Å²) in [6.07, 6.45) is -1.66. The van der Waals surface area contributed by atoms with Gasteiger partial charge in [0.15, 0.2) is 13.4 Å². The van der Waals surface area contributed by atoms with Crippen LogP contribution in [0, 0.1) is 5.95 Å². The first-order valence-corrected chi connectivity index (χ1v) is 21.1. The van der Waals surface area contributed by atoms with Crippen LogP contribution in [0.25, 0.3) is 21.2 Å². The molecule has 2 heterocycles. The minimum absolute atomic E-state index is 0.140. The summed E-state index contributed by atoms with van der Waals surface area (Å²) < 4.78 is 55.2. The number of ether oxygens (including phenoxy) is 1. The Morgan fingerprint density at radius 2 is 1.57 bits per heavy atom. The van der Waals surface area contributed by atoms with E-state index in [0.29, 0.717) is 21.5 Å². The number of hydrogen-bond donors (Lipinski definition) is 2. The number of hydrogen-bond acceptors (Lipinski definition) is 7. The molecule has 2 aromatic heterocycles. The molecule has 2 atom stereocenters. The van der Waals surface area contributed by atoms with E-state index < -0.39 is 55.5 Å². The number of nitrogens with one attached hydrogen (secondary N) is 1. The summed E-state index contributed by atoms with van der Waals surface area (Å²) in [5.74, 6) is -3.71. The van der Waals surface area contributed by atoms with Crippen LogP contribution < -0.4 is 10.2 Å². The summed E-state index contributed by atoms with van der Waals surface area (Å²) in [7, 11) is -2.67. The van der Waals surface area contributed by atoms with Crippen molar-refractivity contribution in [2.24, 2.45) is 0 Å². The summed E-state index contributed by atoms with van der Waals surface area (Å²) in [5, 5.41) is 14.8. The van der Waals surface area contributed by atoms with Crippen LogP contribution in [0.2, 0.25) is 18.1 Å². The van der Waals surface area contributed by atoms with Gasteiger partial charge in [0, 0.05) is 35.6 Å². The molecule has 0 spiro atoms. The van der Waals surface area contributed by atoms with Gasteiger partial charge in [-0.1, -0.05) is 89.3 Å². The number of fused-ring (bicyclic) bond motifs is 1. The Balaban J connectivity index is 1.89. The molecular formula is C39H51F3N4O5SSi. The molecule has 53 heavy (non-hydrogen) atoms. The number of benzene rings is 2. The fraction of sp³-hybridized carbons (Fsp3) is 0.487. The van der Waals surface area contributed by atoms with E-state index >= 15 is 0 Å². The highest BCUT2D eigenvalue weighted by atomic mass is 32.1. The van der Waals surface area contributed by atoms with Gasteiger partial charge in [0.2, 0.25) is 5.95 Å². The molecule has 2 aromatic carbocycles. The van der Waals surface area contributed by atoms with Gasteiger partial charge in [0.1, 0.15) is 5.60 Å². The first-order valence-electron chi connectivity index (χ1n) is 17.4. The fourth-order valence-corrected chi connectivity index (χ4v) is 7.90. The Morgan fingerprint density at radius 3 is 2.09 bits per heavy atom. The third-order valence-electron chi connectivity index (χ3n) is 9.16. The second-order valence-electron chi connectivity index (χ2n) is 16.9. The van der Waals surface area contributed by atoms with E-state index in [-0.39, 0.29) is 22.3 Å². The smallest absolute Gasteiger partial charge is 0.413 e. The van der Waals surface area contributed by atoms with Crippen molar-refractivity contribution in [1.29, 1.82) is 0 Å². The molecule has 9 nitrogen and oxygen atoms in total. The molecule has 0 aliphatic carbocycles. The first-order chi connectivity index (χ1) is 24.2. The van der Waals surface area contributed by atoms with Crippen molar-refractivity contribution in [2.75, 3.05) is 11.4 Å². The molecule has 0 fully saturated rings. The van der Waals surface area contributed by atoms with Crippen LogP contribution >= 0.6 is 11.3 Å². The Kier molecular flexibility index (Phi) is 11.8. The number of carbonyl (C=O) groups excluding carboxylic acids is 1. The van der Waals surface area contributed by atoms with E-state index in [1.54, 1.807) is 20.8 Å². The Hall–Kier alpha value is -4.01. The van der Waals surface area contributed by atoms with Crippen molar-refractivity contribution in [3.05, 3.63) is 77.5 Å². The monoisotopic (exact) mass is 772 g/mol. The SMILES string of the molecule is CC(C)(C)OC(=O)N[C@H](CN(C(=O)O)c1nc(C(C)(C)C)c(-c2ccc3cnc(F)cc3c2)s1)[C@@H](O[Si](C)(C)C(C)(C)C)c1ccc(C(C)(F)F)cc1. The molecule has 2 amide bonds. The zero-order valence-electron chi connectivity index (χ0n) is 32.5. The lowest BCUT2D eigenvalue weighted by Crippen LogP contribution is -2.53. The van der Waals surface area contributed by atoms with E-state index in [1.807, 2.05) is 72.8 Å². The summed E-state index contributed by atoms with van der Waals surface area (Å²) in [4.78, 5) is 37.0. The second kappa shape index (κ2) is 15.0. The molecule has 0 aliphatic rings. The molecule has 4 rings (SSSR count). The standard InChI is InChI=1S/C39H51F3N4O5SSi/c1-36(2,3)32-31(24-13-14-25-21-43-29(40)20-26(25)19-24)52-33(45-32)46(35(48)49)22-28(44-34(47)50-37(4,5)6)30(51-53(11,12)38(7,8)9)23-15-17-27(18-16-23)39(10,41)42/h13-21,28,30H,22H2,1-12H3,(H,44,47)(H,48,49)/t28-,30+/m1/s1. The number of anilines is 1. The van der Waals surface area contributed by atoms with Crippen LogP contribution in [0.1, 0.15) is 92.2 Å². The Morgan fingerprint density at radius 1 is 0.943 bits per heavy atom. The second-order valence-corrected chi connectivity index (χ2v) is 22.7. The molecule has 0 saturated carbocycles. The molecule has 0 saturated heterocycles. The minimum atomic E-state index is -3.09. The highest BCUT2D eigenvalue weighted by Crippen LogP contribution is 2.44.